The van der Waals surface area contributed by atoms with Crippen LogP contribution >= 0.6 is 0 Å². The quantitative estimate of drug-likeness (QED) is 0.625. The summed E-state index contributed by atoms with van der Waals surface area (Å²) in [4.78, 5) is 21.2. The molecule has 1 aliphatic heterocycles. The maximum absolute atomic E-state index is 12.1. The van der Waals surface area contributed by atoms with Crippen LogP contribution in [0.1, 0.15) is 18.1 Å². The third kappa shape index (κ3) is 4.20. The Labute approximate surface area is 175 Å². The lowest BCUT2D eigenvalue weighted by molar-refractivity contribution is -0.115. The van der Waals surface area contributed by atoms with Gasteiger partial charge in [0, 0.05) is 23.9 Å². The Hall–Kier alpha value is -3.61. The topological polar surface area (TPSA) is 85.4 Å². The van der Waals surface area contributed by atoms with Gasteiger partial charge in [0.25, 0.3) is 0 Å². The monoisotopic (exact) mass is 404 g/mol. The molecule has 7 nitrogen and oxygen atoms in total. The van der Waals surface area contributed by atoms with E-state index in [9.17, 15) is 4.79 Å². The van der Waals surface area contributed by atoms with Crippen molar-refractivity contribution < 1.29 is 14.3 Å². The molecule has 0 fully saturated rings. The Morgan fingerprint density at radius 1 is 1.17 bits per heavy atom. The average Bonchev–Trinajstić information content (AvgIpc) is 2.90. The number of fused-ring (bicyclic) bond motifs is 3. The highest BCUT2D eigenvalue weighted by Gasteiger charge is 2.20. The first-order valence-corrected chi connectivity index (χ1v) is 9.96. The van der Waals surface area contributed by atoms with Gasteiger partial charge in [-0.05, 0) is 37.1 Å². The third-order valence-electron chi connectivity index (χ3n) is 4.90. The number of hydrogen-bond acceptors (Lipinski definition) is 6. The molecule has 30 heavy (non-hydrogen) atoms. The lowest BCUT2D eigenvalue weighted by atomic mass is 10.1. The van der Waals surface area contributed by atoms with Crippen molar-refractivity contribution in [2.75, 3.05) is 30.9 Å². The number of aromatic nitrogens is 2. The summed E-state index contributed by atoms with van der Waals surface area (Å²) in [5.41, 5.74) is 4.40. The van der Waals surface area contributed by atoms with E-state index in [2.05, 4.69) is 15.6 Å². The fraction of sp³-hybridized carbons (Fsp3) is 0.261. The van der Waals surface area contributed by atoms with Gasteiger partial charge in [0.2, 0.25) is 11.9 Å². The molecule has 0 unspecified atom stereocenters. The molecule has 2 N–H and O–H groups in total. The summed E-state index contributed by atoms with van der Waals surface area (Å²) in [6.45, 7) is 3.20. The molecule has 1 aliphatic rings. The lowest BCUT2D eigenvalue weighted by Crippen LogP contribution is -2.13. The maximum Gasteiger partial charge on any atom is 0.228 e. The van der Waals surface area contributed by atoms with E-state index in [0.29, 0.717) is 19.1 Å². The predicted molar refractivity (Wildman–Crippen MR) is 116 cm³/mol. The second kappa shape index (κ2) is 8.82. The number of hydrogen-bond donors (Lipinski definition) is 2. The van der Waals surface area contributed by atoms with Gasteiger partial charge in [-0.3, -0.25) is 4.79 Å². The number of rotatable bonds is 7. The fourth-order valence-electron chi connectivity index (χ4n) is 3.48. The molecule has 2 aromatic carbocycles. The van der Waals surface area contributed by atoms with Crippen LogP contribution in [0, 0.1) is 0 Å². The van der Waals surface area contributed by atoms with Gasteiger partial charge in [0.1, 0.15) is 0 Å². The Morgan fingerprint density at radius 2 is 2.03 bits per heavy atom. The highest BCUT2D eigenvalue weighted by Crippen LogP contribution is 2.32. The van der Waals surface area contributed by atoms with Crippen molar-refractivity contribution in [3.8, 4) is 22.8 Å². The fourth-order valence-corrected chi connectivity index (χ4v) is 3.48. The molecule has 0 saturated carbocycles. The van der Waals surface area contributed by atoms with E-state index in [1.807, 2.05) is 49.4 Å². The van der Waals surface area contributed by atoms with E-state index in [-0.39, 0.29) is 12.3 Å². The molecule has 7 heteroatoms. The predicted octanol–water partition coefficient (Wildman–Crippen LogP) is 3.70. The van der Waals surface area contributed by atoms with E-state index in [4.69, 9.17) is 14.5 Å². The summed E-state index contributed by atoms with van der Waals surface area (Å²) in [7, 11) is 1.64. The Balaban J connectivity index is 1.49. The van der Waals surface area contributed by atoms with Crippen molar-refractivity contribution in [1.29, 1.82) is 0 Å². The Bertz CT molecular complexity index is 1070. The van der Waals surface area contributed by atoms with E-state index in [1.165, 1.54) is 0 Å². The number of benzene rings is 2. The van der Waals surface area contributed by atoms with Gasteiger partial charge in [-0.2, -0.15) is 0 Å². The number of methoxy groups -OCH3 is 1. The zero-order valence-electron chi connectivity index (χ0n) is 17.1. The van der Waals surface area contributed by atoms with Crippen molar-refractivity contribution in [2.45, 2.75) is 19.8 Å². The number of nitrogens with one attached hydrogen (secondary N) is 2. The molecule has 0 spiro atoms. The highest BCUT2D eigenvalue weighted by molar-refractivity contribution is 5.99. The second-order valence-electron chi connectivity index (χ2n) is 6.93. The van der Waals surface area contributed by atoms with Gasteiger partial charge in [-0.15, -0.1) is 0 Å². The van der Waals surface area contributed by atoms with Crippen LogP contribution < -0.4 is 20.1 Å². The summed E-state index contributed by atoms with van der Waals surface area (Å²) in [5, 5.41) is 6.21. The molecule has 3 aromatic rings. The van der Waals surface area contributed by atoms with Gasteiger partial charge < -0.3 is 20.1 Å². The van der Waals surface area contributed by atoms with E-state index in [0.717, 1.165) is 46.0 Å². The molecular weight excluding hydrogens is 380 g/mol. The van der Waals surface area contributed by atoms with Gasteiger partial charge >= 0.3 is 0 Å². The summed E-state index contributed by atoms with van der Waals surface area (Å²) in [5.74, 6) is 1.95. The van der Waals surface area contributed by atoms with Crippen LogP contribution in [0.15, 0.2) is 48.7 Å². The zero-order valence-corrected chi connectivity index (χ0v) is 17.1. The van der Waals surface area contributed by atoms with E-state index >= 15 is 0 Å². The first-order valence-electron chi connectivity index (χ1n) is 9.96. The van der Waals surface area contributed by atoms with Crippen LogP contribution in [-0.4, -0.2) is 36.1 Å². The minimum atomic E-state index is -0.0602. The normalized spacial score (nSPS) is 12.3. The van der Waals surface area contributed by atoms with Crippen LogP contribution in [0.3, 0.4) is 0 Å². The molecule has 1 aromatic heterocycles. The molecule has 2 heterocycles. The highest BCUT2D eigenvalue weighted by atomic mass is 16.5. The minimum absolute atomic E-state index is 0.0602. The number of para-hydroxylation sites is 1. The Kier molecular flexibility index (Phi) is 5.79. The summed E-state index contributed by atoms with van der Waals surface area (Å²) < 4.78 is 11.0. The smallest absolute Gasteiger partial charge is 0.228 e. The van der Waals surface area contributed by atoms with Crippen molar-refractivity contribution in [2.24, 2.45) is 0 Å². The van der Waals surface area contributed by atoms with Gasteiger partial charge in [-0.25, -0.2) is 9.97 Å². The summed E-state index contributed by atoms with van der Waals surface area (Å²) >= 11 is 0. The molecule has 0 saturated heterocycles. The summed E-state index contributed by atoms with van der Waals surface area (Å²) in [6.07, 6.45) is 2.77. The SMILES string of the molecule is CCOc1ccc(CCNc2ncc3c(n2)-c2ccccc2NC(=O)C3)cc1OC. The lowest BCUT2D eigenvalue weighted by Gasteiger charge is -2.12. The van der Waals surface area contributed by atoms with Crippen molar-refractivity contribution in [3.05, 3.63) is 59.8 Å². The molecule has 154 valence electrons. The molecular formula is C23H24N4O3. The molecule has 0 atom stereocenters. The molecule has 0 aliphatic carbocycles. The molecule has 0 bridgehead atoms. The standard InChI is InChI=1S/C23H24N4O3/c1-3-30-19-9-8-15(12-20(19)29-2)10-11-24-23-25-14-16-13-21(28)26-18-7-5-4-6-17(18)22(16)27-23/h4-9,12,14H,3,10-11,13H2,1-2H3,(H,26,28)(H,24,25,27). The largest absolute Gasteiger partial charge is 0.493 e. The van der Waals surface area contributed by atoms with Crippen molar-refractivity contribution in [3.63, 3.8) is 0 Å². The average molecular weight is 404 g/mol. The number of amides is 1. The molecule has 0 radical (unpaired) electrons. The van der Waals surface area contributed by atoms with E-state index in [1.54, 1.807) is 13.3 Å². The first-order chi connectivity index (χ1) is 14.7. The summed E-state index contributed by atoms with van der Waals surface area (Å²) in [6, 6.07) is 13.6. The Morgan fingerprint density at radius 3 is 2.87 bits per heavy atom. The third-order valence-corrected chi connectivity index (χ3v) is 4.90. The number of carbonyl (C=O) groups is 1. The van der Waals surface area contributed by atoms with Crippen LogP contribution in [0.25, 0.3) is 11.3 Å². The number of ether oxygens (including phenoxy) is 2. The van der Waals surface area contributed by atoms with Gasteiger partial charge in [0.05, 0.1) is 31.5 Å². The van der Waals surface area contributed by atoms with Crippen molar-refractivity contribution in [1.82, 2.24) is 9.97 Å². The van der Waals surface area contributed by atoms with Crippen LogP contribution in [-0.2, 0) is 17.6 Å². The van der Waals surface area contributed by atoms with Gasteiger partial charge in [-0.1, -0.05) is 24.3 Å². The van der Waals surface area contributed by atoms with E-state index < -0.39 is 0 Å². The number of carbonyl (C=O) groups excluding carboxylic acids is 1. The number of nitrogens with zero attached hydrogens (tertiary/aromatic N) is 2. The second-order valence-corrected chi connectivity index (χ2v) is 6.93. The van der Waals surface area contributed by atoms with Crippen LogP contribution in [0.5, 0.6) is 11.5 Å². The van der Waals surface area contributed by atoms with Crippen LogP contribution in [0.2, 0.25) is 0 Å². The zero-order chi connectivity index (χ0) is 20.9. The minimum Gasteiger partial charge on any atom is -0.493 e. The van der Waals surface area contributed by atoms with Gasteiger partial charge in [0.15, 0.2) is 11.5 Å². The first kappa shape index (κ1) is 19.7. The van der Waals surface area contributed by atoms with Crippen LogP contribution in [0.4, 0.5) is 11.6 Å². The number of anilines is 2. The molecule has 1 amide bonds. The van der Waals surface area contributed by atoms with Crippen molar-refractivity contribution >= 4 is 17.5 Å². The molecule has 4 rings (SSSR count). The maximum atomic E-state index is 12.1.